The summed E-state index contributed by atoms with van der Waals surface area (Å²) in [6.07, 6.45) is 51.2. The van der Waals surface area contributed by atoms with Crippen molar-refractivity contribution in [3.63, 3.8) is 0 Å². The molecule has 522 valence electrons. The van der Waals surface area contributed by atoms with Gasteiger partial charge in [-0.2, -0.15) is 0 Å². The minimum atomic E-state index is -4.95. The van der Waals surface area contributed by atoms with Gasteiger partial charge in [0.1, 0.15) is 19.3 Å². The maximum absolute atomic E-state index is 13.0. The van der Waals surface area contributed by atoms with E-state index in [2.05, 4.69) is 27.7 Å². The Labute approximate surface area is 537 Å². The third-order valence-electron chi connectivity index (χ3n) is 16.1. The summed E-state index contributed by atoms with van der Waals surface area (Å²) in [5.74, 6) is -2.12. The molecule has 0 aliphatic heterocycles. The molecule has 0 amide bonds. The van der Waals surface area contributed by atoms with Crippen molar-refractivity contribution >= 4 is 39.5 Å². The molecule has 0 aromatic heterocycles. The summed E-state index contributed by atoms with van der Waals surface area (Å²) in [5.41, 5.74) is 0. The summed E-state index contributed by atoms with van der Waals surface area (Å²) < 4.78 is 68.2. The molecule has 0 fully saturated rings. The highest BCUT2D eigenvalue weighted by Gasteiger charge is 2.30. The predicted molar refractivity (Wildman–Crippen MR) is 354 cm³/mol. The van der Waals surface area contributed by atoms with Gasteiger partial charge in [-0.1, -0.05) is 310 Å². The van der Waals surface area contributed by atoms with Crippen molar-refractivity contribution < 1.29 is 80.2 Å². The van der Waals surface area contributed by atoms with Crippen LogP contribution in [0.25, 0.3) is 0 Å². The minimum absolute atomic E-state index is 0.107. The zero-order valence-corrected chi connectivity index (χ0v) is 58.5. The maximum atomic E-state index is 13.0. The summed E-state index contributed by atoms with van der Waals surface area (Å²) in [4.78, 5) is 72.4. The van der Waals surface area contributed by atoms with E-state index in [0.29, 0.717) is 25.7 Å². The van der Waals surface area contributed by atoms with Crippen molar-refractivity contribution in [2.75, 3.05) is 39.6 Å². The zero-order chi connectivity index (χ0) is 64.7. The standard InChI is InChI=1S/C69H134O17P2/c1-5-9-13-17-21-25-28-30-31-32-33-34-36-40-44-48-52-56-69(74)86-65(60-80-67(72)54-50-46-42-39-35-29-26-22-18-14-10-6-2)62-84-88(77,78)82-58-63(70)57-81-87(75,76)83-61-64(59-79-66(71)53-49-45-41-37-24-20-16-12-8-4)85-68(73)55-51-47-43-38-27-23-19-15-11-7-3/h63-65,70H,5-62H2,1-4H3,(H,75,76)(H,77,78)/t63-,64+,65+/m0/s1. The lowest BCUT2D eigenvalue weighted by atomic mass is 10.0. The van der Waals surface area contributed by atoms with Crippen LogP contribution >= 0.6 is 15.6 Å². The number of phosphoric ester groups is 2. The number of unbranched alkanes of at least 4 members (excludes halogenated alkanes) is 44. The third-order valence-corrected chi connectivity index (χ3v) is 18.0. The van der Waals surface area contributed by atoms with Crippen LogP contribution in [0.4, 0.5) is 0 Å². The molecule has 0 aliphatic carbocycles. The molecule has 5 atom stereocenters. The molecule has 88 heavy (non-hydrogen) atoms. The van der Waals surface area contributed by atoms with E-state index in [1.807, 2.05) is 0 Å². The van der Waals surface area contributed by atoms with E-state index in [4.69, 9.17) is 37.0 Å². The summed E-state index contributed by atoms with van der Waals surface area (Å²) in [6, 6.07) is 0. The second-order valence-electron chi connectivity index (χ2n) is 24.9. The fraction of sp³-hybridized carbons (Fsp3) is 0.942. The Hall–Kier alpha value is -1.94. The van der Waals surface area contributed by atoms with Gasteiger partial charge in [-0.15, -0.1) is 0 Å². The average molecular weight is 1300 g/mol. The van der Waals surface area contributed by atoms with E-state index >= 15 is 0 Å². The Morgan fingerprint density at radius 2 is 0.455 bits per heavy atom. The van der Waals surface area contributed by atoms with Crippen LogP contribution in [0.5, 0.6) is 0 Å². The number of hydrogen-bond donors (Lipinski definition) is 3. The minimum Gasteiger partial charge on any atom is -0.462 e. The van der Waals surface area contributed by atoms with Crippen LogP contribution in [0.3, 0.4) is 0 Å². The first kappa shape index (κ1) is 86.1. The van der Waals surface area contributed by atoms with Gasteiger partial charge in [-0.05, 0) is 25.7 Å². The molecular formula is C69H134O17P2. The van der Waals surface area contributed by atoms with E-state index in [9.17, 15) is 43.2 Å². The molecule has 17 nitrogen and oxygen atoms in total. The van der Waals surface area contributed by atoms with Gasteiger partial charge in [-0.25, -0.2) is 9.13 Å². The summed E-state index contributed by atoms with van der Waals surface area (Å²) in [7, 11) is -9.89. The average Bonchev–Trinajstić information content (AvgIpc) is 3.71. The van der Waals surface area contributed by atoms with E-state index in [-0.39, 0.29) is 25.7 Å². The molecule has 0 aromatic carbocycles. The lowest BCUT2D eigenvalue weighted by Gasteiger charge is -2.21. The second-order valence-corrected chi connectivity index (χ2v) is 27.8. The molecule has 2 unspecified atom stereocenters. The molecule has 0 radical (unpaired) electrons. The Morgan fingerprint density at radius 3 is 0.670 bits per heavy atom. The molecular weight excluding hydrogens is 1160 g/mol. The lowest BCUT2D eigenvalue weighted by molar-refractivity contribution is -0.161. The first-order valence-electron chi connectivity index (χ1n) is 36.3. The monoisotopic (exact) mass is 1300 g/mol. The fourth-order valence-electron chi connectivity index (χ4n) is 10.5. The van der Waals surface area contributed by atoms with Gasteiger partial charge >= 0.3 is 39.5 Å². The normalized spacial score (nSPS) is 14.0. The second kappa shape index (κ2) is 63.8. The Bertz CT molecular complexity index is 1690. The number of rotatable bonds is 70. The van der Waals surface area contributed by atoms with Crippen molar-refractivity contribution in [2.45, 2.75) is 380 Å². The SMILES string of the molecule is CCCCCCCCCCCCCCCCCCCC(=O)O[C@H](COC(=O)CCCCCCCCCCCCCC)COP(=O)(O)OC[C@@H](O)COP(=O)(O)OC[C@@H](COC(=O)CCCCCCCCCCC)OC(=O)CCCCCCCCCCCC. The van der Waals surface area contributed by atoms with Gasteiger partial charge < -0.3 is 33.8 Å². The number of aliphatic hydroxyl groups is 1. The first-order chi connectivity index (χ1) is 42.7. The molecule has 3 N–H and O–H groups in total. The summed E-state index contributed by atoms with van der Waals surface area (Å²) in [6.45, 7) is 4.92. The Balaban J connectivity index is 5.21. The number of ether oxygens (including phenoxy) is 4. The molecule has 0 saturated heterocycles. The lowest BCUT2D eigenvalue weighted by Crippen LogP contribution is -2.30. The van der Waals surface area contributed by atoms with Crippen LogP contribution < -0.4 is 0 Å². The number of carbonyl (C=O) groups excluding carboxylic acids is 4. The van der Waals surface area contributed by atoms with Crippen LogP contribution in [0, 0.1) is 0 Å². The highest BCUT2D eigenvalue weighted by Crippen LogP contribution is 2.45. The number of carbonyl (C=O) groups is 4. The first-order valence-corrected chi connectivity index (χ1v) is 39.3. The van der Waals surface area contributed by atoms with E-state index in [1.165, 1.54) is 193 Å². The third kappa shape index (κ3) is 62.8. The largest absolute Gasteiger partial charge is 0.472 e. The summed E-state index contributed by atoms with van der Waals surface area (Å²) >= 11 is 0. The van der Waals surface area contributed by atoms with Crippen LogP contribution in [0.1, 0.15) is 362 Å². The Morgan fingerprint density at radius 1 is 0.273 bits per heavy atom. The molecule has 0 heterocycles. The molecule has 0 bridgehead atoms. The quantitative estimate of drug-likeness (QED) is 0.0222. The number of phosphoric acid groups is 2. The highest BCUT2D eigenvalue weighted by atomic mass is 31.2. The molecule has 0 saturated carbocycles. The van der Waals surface area contributed by atoms with Gasteiger partial charge in [-0.3, -0.25) is 37.3 Å². The number of aliphatic hydroxyl groups excluding tert-OH is 1. The molecule has 0 spiro atoms. The smallest absolute Gasteiger partial charge is 0.462 e. The maximum Gasteiger partial charge on any atom is 0.472 e. The molecule has 0 aromatic rings. The van der Waals surface area contributed by atoms with Crippen molar-refractivity contribution in [3.05, 3.63) is 0 Å². The Kier molecular flexibility index (Phi) is 62.4. The van der Waals surface area contributed by atoms with E-state index in [0.717, 1.165) is 89.9 Å². The molecule has 0 aliphatic rings. The van der Waals surface area contributed by atoms with Crippen LogP contribution in [0.15, 0.2) is 0 Å². The van der Waals surface area contributed by atoms with E-state index < -0.39 is 97.5 Å². The van der Waals surface area contributed by atoms with Crippen LogP contribution in [-0.4, -0.2) is 96.7 Å². The van der Waals surface area contributed by atoms with Crippen molar-refractivity contribution in [2.24, 2.45) is 0 Å². The fourth-order valence-corrected chi connectivity index (χ4v) is 12.1. The van der Waals surface area contributed by atoms with E-state index in [1.54, 1.807) is 0 Å². The highest BCUT2D eigenvalue weighted by molar-refractivity contribution is 7.47. The van der Waals surface area contributed by atoms with Crippen LogP contribution in [-0.2, 0) is 65.4 Å². The molecule has 19 heteroatoms. The van der Waals surface area contributed by atoms with Gasteiger partial charge in [0.25, 0.3) is 0 Å². The number of esters is 4. The van der Waals surface area contributed by atoms with Crippen LogP contribution in [0.2, 0.25) is 0 Å². The molecule has 0 rings (SSSR count). The van der Waals surface area contributed by atoms with Crippen molar-refractivity contribution in [1.29, 1.82) is 0 Å². The van der Waals surface area contributed by atoms with Crippen molar-refractivity contribution in [1.82, 2.24) is 0 Å². The summed E-state index contributed by atoms with van der Waals surface area (Å²) in [5, 5.41) is 10.6. The predicted octanol–water partition coefficient (Wildman–Crippen LogP) is 19.9. The zero-order valence-electron chi connectivity index (χ0n) is 56.7. The van der Waals surface area contributed by atoms with Gasteiger partial charge in [0.15, 0.2) is 12.2 Å². The van der Waals surface area contributed by atoms with Gasteiger partial charge in [0.05, 0.1) is 26.4 Å². The topological polar surface area (TPSA) is 237 Å². The van der Waals surface area contributed by atoms with Crippen molar-refractivity contribution in [3.8, 4) is 0 Å². The van der Waals surface area contributed by atoms with Gasteiger partial charge in [0, 0.05) is 25.7 Å². The number of hydrogen-bond acceptors (Lipinski definition) is 15. The van der Waals surface area contributed by atoms with Gasteiger partial charge in [0.2, 0.25) is 0 Å².